The summed E-state index contributed by atoms with van der Waals surface area (Å²) < 4.78 is 5.71. The smallest absolute Gasteiger partial charge is 0.224 e. The summed E-state index contributed by atoms with van der Waals surface area (Å²) in [6.07, 6.45) is 2.73. The zero-order valence-electron chi connectivity index (χ0n) is 15.1. The minimum Gasteiger partial charge on any atom is -0.441 e. The van der Waals surface area contributed by atoms with Crippen LogP contribution >= 0.6 is 0 Å². The van der Waals surface area contributed by atoms with Crippen LogP contribution in [0.4, 0.5) is 11.4 Å². The van der Waals surface area contributed by atoms with Gasteiger partial charge in [-0.1, -0.05) is 43.3 Å². The molecule has 2 aromatic carbocycles. The second kappa shape index (κ2) is 8.80. The molecule has 0 aliphatic rings. The molecule has 0 spiro atoms. The quantitative estimate of drug-likeness (QED) is 0.657. The number of oxazole rings is 1. The van der Waals surface area contributed by atoms with Crippen molar-refractivity contribution in [3.63, 3.8) is 0 Å². The molecule has 2 amide bonds. The number of rotatable bonds is 7. The van der Waals surface area contributed by atoms with E-state index in [1.54, 1.807) is 37.4 Å². The van der Waals surface area contributed by atoms with E-state index in [1.807, 2.05) is 30.3 Å². The van der Waals surface area contributed by atoms with Crippen molar-refractivity contribution in [2.24, 2.45) is 0 Å². The molecule has 1 heterocycles. The van der Waals surface area contributed by atoms with Gasteiger partial charge in [0.15, 0.2) is 11.7 Å². The van der Waals surface area contributed by atoms with Gasteiger partial charge >= 0.3 is 0 Å². The van der Waals surface area contributed by atoms with Gasteiger partial charge in [-0.05, 0) is 18.2 Å². The average Bonchev–Trinajstić information content (AvgIpc) is 3.16. The number of aryl methyl sites for hydroxylation is 1. The van der Waals surface area contributed by atoms with Gasteiger partial charge in [0.25, 0.3) is 0 Å². The van der Waals surface area contributed by atoms with Crippen molar-refractivity contribution >= 4 is 23.2 Å². The zero-order chi connectivity index (χ0) is 19.1. The summed E-state index contributed by atoms with van der Waals surface area (Å²) in [4.78, 5) is 27.9. The van der Waals surface area contributed by atoms with Crippen LogP contribution in [0, 0.1) is 0 Å². The lowest BCUT2D eigenvalue weighted by Crippen LogP contribution is -2.13. The van der Waals surface area contributed by atoms with Crippen molar-refractivity contribution in [2.45, 2.75) is 26.2 Å². The van der Waals surface area contributed by atoms with Crippen molar-refractivity contribution in [3.05, 3.63) is 66.7 Å². The predicted octanol–water partition coefficient (Wildman–Crippen LogP) is 4.26. The molecule has 3 rings (SSSR count). The maximum Gasteiger partial charge on any atom is 0.224 e. The third-order valence-corrected chi connectivity index (χ3v) is 3.93. The first-order chi connectivity index (χ1) is 13.1. The number of carbonyl (C=O) groups excluding carboxylic acids is 2. The molecule has 0 saturated carbocycles. The van der Waals surface area contributed by atoms with Crippen LogP contribution in [0.25, 0.3) is 11.3 Å². The van der Waals surface area contributed by atoms with Crippen molar-refractivity contribution < 1.29 is 14.0 Å². The molecule has 6 heteroatoms. The molecule has 0 unspecified atom stereocenters. The molecule has 0 radical (unpaired) electrons. The standard InChI is InChI=1S/C21H21N3O3/c1-2-19(25)23-16-9-6-10-17(13-16)24-20(26)11-12-21-22-14-18(27-21)15-7-4-3-5-8-15/h3-10,13-14H,2,11-12H2,1H3,(H,23,25)(H,24,26). The SMILES string of the molecule is CCC(=O)Nc1cccc(NC(=O)CCc2ncc(-c3ccccc3)o2)c1. The molecule has 6 nitrogen and oxygen atoms in total. The van der Waals surface area contributed by atoms with Gasteiger partial charge in [-0.2, -0.15) is 0 Å². The number of anilines is 2. The molecule has 0 aliphatic heterocycles. The summed E-state index contributed by atoms with van der Waals surface area (Å²) in [5.74, 6) is 0.989. The summed E-state index contributed by atoms with van der Waals surface area (Å²) in [7, 11) is 0. The fourth-order valence-electron chi connectivity index (χ4n) is 2.53. The number of aromatic nitrogens is 1. The Labute approximate surface area is 157 Å². The van der Waals surface area contributed by atoms with E-state index in [2.05, 4.69) is 15.6 Å². The van der Waals surface area contributed by atoms with E-state index >= 15 is 0 Å². The van der Waals surface area contributed by atoms with Gasteiger partial charge in [0, 0.05) is 36.2 Å². The normalized spacial score (nSPS) is 10.4. The highest BCUT2D eigenvalue weighted by Crippen LogP contribution is 2.20. The summed E-state index contributed by atoms with van der Waals surface area (Å²) in [5, 5.41) is 5.59. The zero-order valence-corrected chi connectivity index (χ0v) is 15.1. The topological polar surface area (TPSA) is 84.2 Å². The first-order valence-electron chi connectivity index (χ1n) is 8.84. The van der Waals surface area contributed by atoms with Crippen LogP contribution < -0.4 is 10.6 Å². The van der Waals surface area contributed by atoms with Crippen LogP contribution in [0.5, 0.6) is 0 Å². The molecule has 0 saturated heterocycles. The monoisotopic (exact) mass is 363 g/mol. The Kier molecular flexibility index (Phi) is 5.99. The summed E-state index contributed by atoms with van der Waals surface area (Å²) >= 11 is 0. The number of carbonyl (C=O) groups is 2. The molecule has 138 valence electrons. The molecule has 1 aromatic heterocycles. The van der Waals surface area contributed by atoms with Crippen molar-refractivity contribution in [1.29, 1.82) is 0 Å². The van der Waals surface area contributed by atoms with Crippen LogP contribution in [-0.2, 0) is 16.0 Å². The highest BCUT2D eigenvalue weighted by atomic mass is 16.4. The molecule has 27 heavy (non-hydrogen) atoms. The number of amides is 2. The number of benzene rings is 2. The fourth-order valence-corrected chi connectivity index (χ4v) is 2.53. The highest BCUT2D eigenvalue weighted by molar-refractivity contribution is 5.94. The highest BCUT2D eigenvalue weighted by Gasteiger charge is 2.09. The van der Waals surface area contributed by atoms with Gasteiger partial charge in [-0.3, -0.25) is 9.59 Å². The molecular weight excluding hydrogens is 342 g/mol. The Hall–Kier alpha value is -3.41. The second-order valence-corrected chi connectivity index (χ2v) is 6.01. The summed E-state index contributed by atoms with van der Waals surface area (Å²) in [6.45, 7) is 1.78. The van der Waals surface area contributed by atoms with Crippen LogP contribution in [0.2, 0.25) is 0 Å². The van der Waals surface area contributed by atoms with Crippen molar-refractivity contribution in [3.8, 4) is 11.3 Å². The van der Waals surface area contributed by atoms with Gasteiger partial charge in [0.2, 0.25) is 11.8 Å². The van der Waals surface area contributed by atoms with Gasteiger partial charge in [0.05, 0.1) is 6.20 Å². The third-order valence-electron chi connectivity index (χ3n) is 3.93. The van der Waals surface area contributed by atoms with E-state index in [9.17, 15) is 9.59 Å². The minimum absolute atomic E-state index is 0.0726. The molecule has 0 atom stereocenters. The Bertz CT molecular complexity index is 919. The van der Waals surface area contributed by atoms with E-state index < -0.39 is 0 Å². The average molecular weight is 363 g/mol. The third kappa shape index (κ3) is 5.28. The van der Waals surface area contributed by atoms with Crippen molar-refractivity contribution in [2.75, 3.05) is 10.6 Å². The van der Waals surface area contributed by atoms with Gasteiger partial charge in [-0.25, -0.2) is 4.98 Å². The van der Waals surface area contributed by atoms with E-state index in [0.29, 0.717) is 35.9 Å². The van der Waals surface area contributed by atoms with E-state index in [4.69, 9.17) is 4.42 Å². The summed E-state index contributed by atoms with van der Waals surface area (Å²) in [5.41, 5.74) is 2.23. The summed E-state index contributed by atoms with van der Waals surface area (Å²) in [6, 6.07) is 16.8. The van der Waals surface area contributed by atoms with Crippen molar-refractivity contribution in [1.82, 2.24) is 4.98 Å². The number of nitrogens with zero attached hydrogens (tertiary/aromatic N) is 1. The lowest BCUT2D eigenvalue weighted by molar-refractivity contribution is -0.116. The maximum atomic E-state index is 12.2. The number of hydrogen-bond donors (Lipinski definition) is 2. The first kappa shape index (κ1) is 18.4. The van der Waals surface area contributed by atoms with E-state index in [-0.39, 0.29) is 18.2 Å². The lowest BCUT2D eigenvalue weighted by Gasteiger charge is -2.08. The number of hydrogen-bond acceptors (Lipinski definition) is 4. The maximum absolute atomic E-state index is 12.2. The van der Waals surface area contributed by atoms with Gasteiger partial charge < -0.3 is 15.1 Å². The van der Waals surface area contributed by atoms with Crippen LogP contribution in [0.1, 0.15) is 25.7 Å². The molecule has 3 aromatic rings. The Morgan fingerprint density at radius 3 is 2.37 bits per heavy atom. The largest absolute Gasteiger partial charge is 0.441 e. The molecule has 2 N–H and O–H groups in total. The molecule has 0 fully saturated rings. The minimum atomic E-state index is -0.145. The molecular formula is C21H21N3O3. The Balaban J connectivity index is 1.54. The Morgan fingerprint density at radius 2 is 1.67 bits per heavy atom. The van der Waals surface area contributed by atoms with Gasteiger partial charge in [-0.15, -0.1) is 0 Å². The Morgan fingerprint density at radius 1 is 0.963 bits per heavy atom. The number of nitrogens with one attached hydrogen (secondary N) is 2. The molecule has 0 aliphatic carbocycles. The van der Waals surface area contributed by atoms with E-state index in [1.165, 1.54) is 0 Å². The second-order valence-electron chi connectivity index (χ2n) is 6.01. The van der Waals surface area contributed by atoms with Crippen LogP contribution in [0.15, 0.2) is 65.2 Å². The van der Waals surface area contributed by atoms with E-state index in [0.717, 1.165) is 5.56 Å². The lowest BCUT2D eigenvalue weighted by atomic mass is 10.2. The first-order valence-corrected chi connectivity index (χ1v) is 8.84. The van der Waals surface area contributed by atoms with Crippen LogP contribution in [-0.4, -0.2) is 16.8 Å². The molecule has 0 bridgehead atoms. The fraction of sp³-hybridized carbons (Fsp3) is 0.190. The predicted molar refractivity (Wildman–Crippen MR) is 104 cm³/mol. The van der Waals surface area contributed by atoms with Crippen LogP contribution in [0.3, 0.4) is 0 Å². The van der Waals surface area contributed by atoms with Gasteiger partial charge in [0.1, 0.15) is 0 Å².